The Kier molecular flexibility index (Phi) is 1.96. The van der Waals surface area contributed by atoms with Gasteiger partial charge in [0.2, 0.25) is 0 Å². The van der Waals surface area contributed by atoms with Crippen LogP contribution in [0.15, 0.2) is 23.3 Å². The van der Waals surface area contributed by atoms with Crippen LogP contribution in [0.3, 0.4) is 0 Å². The van der Waals surface area contributed by atoms with Crippen molar-refractivity contribution in [2.75, 3.05) is 0 Å². The van der Waals surface area contributed by atoms with Gasteiger partial charge in [-0.2, -0.15) is 0 Å². The molecule has 0 unspecified atom stereocenters. The first-order chi connectivity index (χ1) is 7.11. The number of nitrogens with zero attached hydrogens (tertiary/aromatic N) is 2. The molecule has 0 atom stereocenters. The highest BCUT2D eigenvalue weighted by atomic mass is 16.6. The topological polar surface area (TPSA) is 88.9 Å². The summed E-state index contributed by atoms with van der Waals surface area (Å²) in [6.45, 7) is 1.55. The van der Waals surface area contributed by atoms with Gasteiger partial charge in [-0.05, 0) is 13.0 Å². The zero-order valence-electron chi connectivity index (χ0n) is 7.85. The van der Waals surface area contributed by atoms with Crippen LogP contribution >= 0.6 is 0 Å². The van der Waals surface area contributed by atoms with Gasteiger partial charge in [0.1, 0.15) is 0 Å². The zero-order valence-corrected chi connectivity index (χ0v) is 7.85. The fourth-order valence-electron chi connectivity index (χ4n) is 1.52. The van der Waals surface area contributed by atoms with Gasteiger partial charge in [-0.25, -0.2) is 0 Å². The number of nitrogens with one attached hydrogen (secondary N) is 1. The number of aryl methyl sites for hydroxylation is 1. The van der Waals surface area contributed by atoms with Crippen LogP contribution in [0.5, 0.6) is 0 Å². The van der Waals surface area contributed by atoms with E-state index in [1.807, 2.05) is 0 Å². The average Bonchev–Trinajstić information content (AvgIpc) is 2.17. The van der Waals surface area contributed by atoms with Gasteiger partial charge in [0, 0.05) is 17.1 Å². The van der Waals surface area contributed by atoms with Crippen LogP contribution < -0.4 is 5.56 Å². The summed E-state index contributed by atoms with van der Waals surface area (Å²) in [4.78, 5) is 27.6. The van der Waals surface area contributed by atoms with Crippen LogP contribution in [0.25, 0.3) is 10.9 Å². The summed E-state index contributed by atoms with van der Waals surface area (Å²) >= 11 is 0. The summed E-state index contributed by atoms with van der Waals surface area (Å²) in [7, 11) is 0. The predicted molar refractivity (Wildman–Crippen MR) is 53.8 cm³/mol. The van der Waals surface area contributed by atoms with Crippen LogP contribution in [0.1, 0.15) is 5.56 Å². The molecule has 2 heterocycles. The number of pyridine rings is 2. The minimum atomic E-state index is -0.696. The highest BCUT2D eigenvalue weighted by Crippen LogP contribution is 2.20. The Morgan fingerprint density at radius 2 is 2.27 bits per heavy atom. The van der Waals surface area contributed by atoms with Crippen molar-refractivity contribution in [1.82, 2.24) is 9.97 Å². The smallest absolute Gasteiger partial charge is 0.315 e. The molecule has 0 aliphatic carbocycles. The van der Waals surface area contributed by atoms with Crippen LogP contribution in [-0.2, 0) is 0 Å². The summed E-state index contributed by atoms with van der Waals surface area (Å²) < 4.78 is 0. The monoisotopic (exact) mass is 205 g/mol. The third kappa shape index (κ3) is 1.35. The number of rotatable bonds is 1. The summed E-state index contributed by atoms with van der Waals surface area (Å²) in [5.41, 5.74) is -0.238. The maximum absolute atomic E-state index is 11.4. The van der Waals surface area contributed by atoms with Crippen LogP contribution in [0.2, 0.25) is 0 Å². The Hall–Kier alpha value is -2.24. The minimum absolute atomic E-state index is 0.362. The van der Waals surface area contributed by atoms with Crippen molar-refractivity contribution in [1.29, 1.82) is 0 Å². The Morgan fingerprint density at radius 3 is 2.93 bits per heavy atom. The number of aromatic amines is 1. The Labute approximate surface area is 83.7 Å². The maximum atomic E-state index is 11.4. The average molecular weight is 205 g/mol. The first-order valence-electron chi connectivity index (χ1n) is 4.22. The number of hydrogen-bond acceptors (Lipinski definition) is 4. The van der Waals surface area contributed by atoms with Gasteiger partial charge in [-0.1, -0.05) is 0 Å². The normalized spacial score (nSPS) is 10.5. The lowest BCUT2D eigenvalue weighted by molar-refractivity contribution is -0.386. The maximum Gasteiger partial charge on any atom is 0.337 e. The van der Waals surface area contributed by atoms with E-state index in [9.17, 15) is 14.9 Å². The van der Waals surface area contributed by atoms with Crippen molar-refractivity contribution in [3.05, 3.63) is 44.5 Å². The molecular formula is C9H7N3O3. The molecule has 0 radical (unpaired) electrons. The molecule has 0 saturated carbocycles. The standard InChI is InChI=1S/C9H7N3O3/c1-5-6-2-3-10-4-7(6)11-9(13)8(5)12(14)15/h2-4H,1H3,(H,11,13). The Balaban J connectivity index is 2.97. The third-order valence-corrected chi connectivity index (χ3v) is 2.23. The molecular weight excluding hydrogens is 198 g/mol. The summed E-state index contributed by atoms with van der Waals surface area (Å²) in [6.07, 6.45) is 2.99. The molecule has 15 heavy (non-hydrogen) atoms. The van der Waals surface area contributed by atoms with Gasteiger partial charge in [0.05, 0.1) is 16.6 Å². The SMILES string of the molecule is Cc1c([N+](=O)[O-])c(=O)[nH]c2cnccc12. The summed E-state index contributed by atoms with van der Waals surface area (Å²) in [5, 5.41) is 11.3. The number of fused-ring (bicyclic) bond motifs is 1. The van der Waals surface area contributed by atoms with E-state index in [1.165, 1.54) is 12.4 Å². The van der Waals surface area contributed by atoms with Gasteiger partial charge in [0.25, 0.3) is 0 Å². The molecule has 2 aromatic rings. The molecule has 0 spiro atoms. The highest BCUT2D eigenvalue weighted by molar-refractivity contribution is 5.83. The van der Waals surface area contributed by atoms with E-state index in [0.717, 1.165) is 0 Å². The van der Waals surface area contributed by atoms with E-state index >= 15 is 0 Å². The molecule has 0 aliphatic heterocycles. The lowest BCUT2D eigenvalue weighted by Gasteiger charge is -2.01. The number of aromatic nitrogens is 2. The van der Waals surface area contributed by atoms with Gasteiger partial charge in [0.15, 0.2) is 0 Å². The van der Waals surface area contributed by atoms with Crippen LogP contribution in [-0.4, -0.2) is 14.9 Å². The van der Waals surface area contributed by atoms with Crippen molar-refractivity contribution >= 4 is 16.6 Å². The van der Waals surface area contributed by atoms with Gasteiger partial charge >= 0.3 is 11.2 Å². The van der Waals surface area contributed by atoms with Gasteiger partial charge < -0.3 is 4.98 Å². The number of H-pyrrole nitrogens is 1. The third-order valence-electron chi connectivity index (χ3n) is 2.23. The lowest BCUT2D eigenvalue weighted by atomic mass is 10.1. The van der Waals surface area contributed by atoms with Crippen LogP contribution in [0.4, 0.5) is 5.69 Å². The molecule has 0 aromatic carbocycles. The molecule has 76 valence electrons. The molecule has 6 nitrogen and oxygen atoms in total. The predicted octanol–water partition coefficient (Wildman–Crippen LogP) is 1.14. The van der Waals surface area contributed by atoms with E-state index in [-0.39, 0.29) is 0 Å². The number of nitro groups is 1. The second-order valence-corrected chi connectivity index (χ2v) is 3.11. The van der Waals surface area contributed by atoms with Crippen LogP contribution in [0, 0.1) is 17.0 Å². The zero-order chi connectivity index (χ0) is 11.0. The largest absolute Gasteiger partial charge is 0.337 e. The fourth-order valence-corrected chi connectivity index (χ4v) is 1.52. The molecule has 0 bridgehead atoms. The van der Waals surface area contributed by atoms with E-state index < -0.39 is 16.2 Å². The second-order valence-electron chi connectivity index (χ2n) is 3.11. The highest BCUT2D eigenvalue weighted by Gasteiger charge is 2.18. The molecule has 0 aliphatic rings. The van der Waals surface area contributed by atoms with Crippen molar-refractivity contribution in [2.45, 2.75) is 6.92 Å². The quantitative estimate of drug-likeness (QED) is 0.558. The first-order valence-corrected chi connectivity index (χ1v) is 4.22. The lowest BCUT2D eigenvalue weighted by Crippen LogP contribution is -2.13. The Morgan fingerprint density at radius 1 is 1.53 bits per heavy atom. The molecule has 6 heteroatoms. The molecule has 1 N–H and O–H groups in total. The molecule has 2 rings (SSSR count). The van der Waals surface area contributed by atoms with Crippen molar-refractivity contribution in [3.63, 3.8) is 0 Å². The van der Waals surface area contributed by atoms with E-state index in [4.69, 9.17) is 0 Å². The molecule has 2 aromatic heterocycles. The first kappa shape index (κ1) is 9.32. The summed E-state index contributed by atoms with van der Waals surface area (Å²) in [5.74, 6) is 0. The number of hydrogen-bond donors (Lipinski definition) is 1. The van der Waals surface area contributed by atoms with E-state index in [0.29, 0.717) is 16.5 Å². The fraction of sp³-hybridized carbons (Fsp3) is 0.111. The van der Waals surface area contributed by atoms with E-state index in [2.05, 4.69) is 9.97 Å². The summed E-state index contributed by atoms with van der Waals surface area (Å²) in [6, 6.07) is 1.63. The minimum Gasteiger partial charge on any atom is -0.315 e. The molecule has 0 fully saturated rings. The second kappa shape index (κ2) is 3.16. The van der Waals surface area contributed by atoms with Crippen molar-refractivity contribution < 1.29 is 4.92 Å². The Bertz CT molecular complexity index is 603. The van der Waals surface area contributed by atoms with Gasteiger partial charge in [-0.15, -0.1) is 0 Å². The van der Waals surface area contributed by atoms with Crippen molar-refractivity contribution in [3.8, 4) is 0 Å². The van der Waals surface area contributed by atoms with Crippen molar-refractivity contribution in [2.24, 2.45) is 0 Å². The van der Waals surface area contributed by atoms with E-state index in [1.54, 1.807) is 13.0 Å². The molecule has 0 amide bonds. The molecule has 0 saturated heterocycles. The van der Waals surface area contributed by atoms with Gasteiger partial charge in [-0.3, -0.25) is 19.9 Å².